The van der Waals surface area contributed by atoms with Crippen LogP contribution in [0.4, 0.5) is 11.4 Å². The van der Waals surface area contributed by atoms with Gasteiger partial charge in [-0.2, -0.15) is 0 Å². The van der Waals surface area contributed by atoms with E-state index in [0.717, 1.165) is 5.56 Å². The molecule has 3 aromatic rings. The highest BCUT2D eigenvalue weighted by molar-refractivity contribution is 7.99. The van der Waals surface area contributed by atoms with Gasteiger partial charge >= 0.3 is 0 Å². The van der Waals surface area contributed by atoms with Gasteiger partial charge in [0, 0.05) is 37.0 Å². The molecule has 0 fully saturated rings. The first kappa shape index (κ1) is 20.8. The largest absolute Gasteiger partial charge is 0.324 e. The van der Waals surface area contributed by atoms with Gasteiger partial charge in [-0.1, -0.05) is 30.0 Å². The van der Waals surface area contributed by atoms with E-state index in [9.17, 15) is 9.59 Å². The molecule has 1 N–H and O–H groups in total. The molecule has 1 aliphatic heterocycles. The van der Waals surface area contributed by atoms with E-state index in [0.29, 0.717) is 28.9 Å². The molecule has 3 heterocycles. The molecule has 0 unspecified atom stereocenters. The van der Waals surface area contributed by atoms with E-state index in [2.05, 4.69) is 27.1 Å². The first-order valence-corrected chi connectivity index (χ1v) is 10.8. The van der Waals surface area contributed by atoms with Gasteiger partial charge in [0.15, 0.2) is 11.0 Å². The fourth-order valence-corrected chi connectivity index (χ4v) is 4.37. The molecule has 4 rings (SSSR count). The van der Waals surface area contributed by atoms with Crippen LogP contribution >= 0.6 is 11.8 Å². The molecule has 31 heavy (non-hydrogen) atoms. The third kappa shape index (κ3) is 4.36. The van der Waals surface area contributed by atoms with Crippen LogP contribution in [0, 0.1) is 0 Å². The molecule has 1 atom stereocenters. The fourth-order valence-electron chi connectivity index (χ4n) is 3.57. The van der Waals surface area contributed by atoms with E-state index in [1.54, 1.807) is 29.4 Å². The minimum absolute atomic E-state index is 0.0972. The summed E-state index contributed by atoms with van der Waals surface area (Å²) in [6.07, 6.45) is 5.41. The van der Waals surface area contributed by atoms with Gasteiger partial charge in [0.05, 0.1) is 17.1 Å². The molecular weight excluding hydrogens is 412 g/mol. The molecule has 2 amide bonds. The standard InChI is InChI=1S/C22H22N6O2S/c1-3-12-27-21(16-8-10-23-11-9-16)25-26-22(27)31-14-20(30)28-15(2)13-19(29)24-17-6-4-5-7-18(17)28/h3-11,15H,1,12-14H2,2H3,(H,24,29)/t15-/m0/s1. The minimum Gasteiger partial charge on any atom is -0.324 e. The number of rotatable bonds is 6. The zero-order chi connectivity index (χ0) is 21.8. The number of benzene rings is 1. The second kappa shape index (κ2) is 9.13. The van der Waals surface area contributed by atoms with Gasteiger partial charge < -0.3 is 10.2 Å². The number of hydrogen-bond donors (Lipinski definition) is 1. The molecule has 158 valence electrons. The lowest BCUT2D eigenvalue weighted by molar-refractivity contribution is -0.117. The van der Waals surface area contributed by atoms with Crippen molar-refractivity contribution in [2.24, 2.45) is 0 Å². The topological polar surface area (TPSA) is 93.0 Å². The van der Waals surface area contributed by atoms with Gasteiger partial charge in [-0.05, 0) is 31.2 Å². The van der Waals surface area contributed by atoms with Crippen molar-refractivity contribution in [2.45, 2.75) is 31.1 Å². The molecule has 9 heteroatoms. The number of nitrogens with zero attached hydrogens (tertiary/aromatic N) is 5. The maximum atomic E-state index is 13.2. The maximum Gasteiger partial charge on any atom is 0.237 e. The number of aromatic nitrogens is 4. The Labute approximate surface area is 184 Å². The monoisotopic (exact) mass is 434 g/mol. The zero-order valence-corrected chi connectivity index (χ0v) is 17.9. The normalized spacial score (nSPS) is 15.7. The second-order valence-electron chi connectivity index (χ2n) is 7.11. The van der Waals surface area contributed by atoms with Gasteiger partial charge in [0.25, 0.3) is 0 Å². The van der Waals surface area contributed by atoms with Crippen LogP contribution in [0.2, 0.25) is 0 Å². The highest BCUT2D eigenvalue weighted by atomic mass is 32.2. The summed E-state index contributed by atoms with van der Waals surface area (Å²) in [5, 5.41) is 12.1. The number of carbonyl (C=O) groups excluding carboxylic acids is 2. The van der Waals surface area contributed by atoms with E-state index in [1.807, 2.05) is 41.8 Å². The molecule has 0 saturated heterocycles. The van der Waals surface area contributed by atoms with E-state index < -0.39 is 0 Å². The van der Waals surface area contributed by atoms with Crippen LogP contribution in [0.25, 0.3) is 11.4 Å². The number of amides is 2. The molecule has 0 spiro atoms. The van der Waals surface area contributed by atoms with Crippen molar-refractivity contribution in [1.82, 2.24) is 19.7 Å². The number of anilines is 2. The van der Waals surface area contributed by atoms with E-state index in [1.165, 1.54) is 11.8 Å². The Balaban J connectivity index is 1.57. The van der Waals surface area contributed by atoms with Crippen LogP contribution in [0.3, 0.4) is 0 Å². The van der Waals surface area contributed by atoms with Crippen molar-refractivity contribution in [3.63, 3.8) is 0 Å². The Morgan fingerprint density at radius 2 is 2.03 bits per heavy atom. The number of thioether (sulfide) groups is 1. The summed E-state index contributed by atoms with van der Waals surface area (Å²) in [6.45, 7) is 6.22. The number of nitrogens with one attached hydrogen (secondary N) is 1. The molecule has 0 bridgehead atoms. The van der Waals surface area contributed by atoms with Crippen molar-refractivity contribution >= 4 is 35.0 Å². The van der Waals surface area contributed by atoms with Crippen molar-refractivity contribution in [3.05, 3.63) is 61.4 Å². The number of carbonyl (C=O) groups is 2. The minimum atomic E-state index is -0.254. The molecular formula is C22H22N6O2S. The number of para-hydroxylation sites is 2. The lowest BCUT2D eigenvalue weighted by Gasteiger charge is -2.27. The van der Waals surface area contributed by atoms with Crippen molar-refractivity contribution in [3.8, 4) is 11.4 Å². The predicted molar refractivity (Wildman–Crippen MR) is 121 cm³/mol. The van der Waals surface area contributed by atoms with Gasteiger partial charge in [-0.15, -0.1) is 16.8 Å². The third-order valence-electron chi connectivity index (χ3n) is 4.92. The van der Waals surface area contributed by atoms with Crippen molar-refractivity contribution in [1.29, 1.82) is 0 Å². The van der Waals surface area contributed by atoms with Crippen LogP contribution in [-0.2, 0) is 16.1 Å². The number of allylic oxidation sites excluding steroid dienone is 1. The van der Waals surface area contributed by atoms with Crippen LogP contribution < -0.4 is 10.2 Å². The summed E-state index contributed by atoms with van der Waals surface area (Å²) in [5.41, 5.74) is 2.24. The summed E-state index contributed by atoms with van der Waals surface area (Å²) in [7, 11) is 0. The maximum absolute atomic E-state index is 13.2. The van der Waals surface area contributed by atoms with E-state index in [-0.39, 0.29) is 30.0 Å². The van der Waals surface area contributed by atoms with Crippen LogP contribution in [-0.4, -0.2) is 43.4 Å². The van der Waals surface area contributed by atoms with Gasteiger partial charge in [-0.25, -0.2) is 0 Å². The first-order chi connectivity index (χ1) is 15.1. The van der Waals surface area contributed by atoms with Crippen molar-refractivity contribution < 1.29 is 9.59 Å². The Morgan fingerprint density at radius 3 is 2.81 bits per heavy atom. The average molecular weight is 435 g/mol. The molecule has 0 saturated carbocycles. The number of hydrogen-bond acceptors (Lipinski definition) is 6. The SMILES string of the molecule is C=CCn1c(SCC(=O)N2c3ccccc3NC(=O)C[C@@H]2C)nnc1-c1ccncc1. The summed E-state index contributed by atoms with van der Waals surface area (Å²) in [4.78, 5) is 31.1. The summed E-state index contributed by atoms with van der Waals surface area (Å²) in [5.74, 6) is 0.662. The van der Waals surface area contributed by atoms with Crippen LogP contribution in [0.15, 0.2) is 66.6 Å². The Bertz CT molecular complexity index is 1110. The summed E-state index contributed by atoms with van der Waals surface area (Å²) >= 11 is 1.32. The molecule has 8 nitrogen and oxygen atoms in total. The van der Waals surface area contributed by atoms with Crippen LogP contribution in [0.1, 0.15) is 13.3 Å². The second-order valence-corrected chi connectivity index (χ2v) is 8.05. The number of fused-ring (bicyclic) bond motifs is 1. The number of pyridine rings is 1. The molecule has 2 aromatic heterocycles. The molecule has 0 radical (unpaired) electrons. The van der Waals surface area contributed by atoms with Crippen LogP contribution in [0.5, 0.6) is 0 Å². The Hall–Kier alpha value is -3.46. The first-order valence-electron chi connectivity index (χ1n) is 9.86. The van der Waals surface area contributed by atoms with E-state index in [4.69, 9.17) is 0 Å². The summed E-state index contributed by atoms with van der Waals surface area (Å²) in [6, 6.07) is 10.8. The highest BCUT2D eigenvalue weighted by Crippen LogP contribution is 2.32. The molecule has 0 aliphatic carbocycles. The highest BCUT2D eigenvalue weighted by Gasteiger charge is 2.29. The lowest BCUT2D eigenvalue weighted by atomic mass is 10.2. The average Bonchev–Trinajstić information content (AvgIpc) is 3.11. The third-order valence-corrected chi connectivity index (χ3v) is 5.87. The fraction of sp³-hybridized carbons (Fsp3) is 0.227. The van der Waals surface area contributed by atoms with Gasteiger partial charge in [0.2, 0.25) is 11.8 Å². The lowest BCUT2D eigenvalue weighted by Crippen LogP contribution is -2.40. The predicted octanol–water partition coefficient (Wildman–Crippen LogP) is 3.38. The molecule has 1 aliphatic rings. The van der Waals surface area contributed by atoms with Crippen molar-refractivity contribution in [2.75, 3.05) is 16.0 Å². The van der Waals surface area contributed by atoms with Gasteiger partial charge in [0.1, 0.15) is 0 Å². The zero-order valence-electron chi connectivity index (χ0n) is 17.1. The smallest absolute Gasteiger partial charge is 0.237 e. The Kier molecular flexibility index (Phi) is 6.13. The molecule has 1 aromatic carbocycles. The summed E-state index contributed by atoms with van der Waals surface area (Å²) < 4.78 is 1.92. The van der Waals surface area contributed by atoms with E-state index >= 15 is 0 Å². The quantitative estimate of drug-likeness (QED) is 0.472. The van der Waals surface area contributed by atoms with Gasteiger partial charge in [-0.3, -0.25) is 19.1 Å². The Morgan fingerprint density at radius 1 is 1.26 bits per heavy atom.